The van der Waals surface area contributed by atoms with Gasteiger partial charge in [0.2, 0.25) is 0 Å². The van der Waals surface area contributed by atoms with Gasteiger partial charge in [-0.25, -0.2) is 0 Å². The Balaban J connectivity index is 1.63. The van der Waals surface area contributed by atoms with E-state index in [2.05, 4.69) is 67.2 Å². The zero-order chi connectivity index (χ0) is 17.2. The highest BCUT2D eigenvalue weighted by Gasteiger charge is 2.10. The summed E-state index contributed by atoms with van der Waals surface area (Å²) < 4.78 is 5.09. The predicted octanol–water partition coefficient (Wildman–Crippen LogP) is 5.38. The number of carbonyl (C=O) groups excluding carboxylic acids is 1. The quantitative estimate of drug-likeness (QED) is 0.219. The molecule has 0 saturated heterocycles. The Bertz CT molecular complexity index is 1020. The number of unbranched alkanes of at least 4 members (excludes halogenated alkanes) is 1. The highest BCUT2D eigenvalue weighted by atomic mass is 32.1. The maximum absolute atomic E-state index is 11.1. The lowest BCUT2D eigenvalue weighted by Crippen LogP contribution is -2.07. The van der Waals surface area contributed by atoms with E-state index in [1.54, 1.807) is 0 Å². The fraction of sp³-hybridized carbons (Fsp3) is 0.227. The summed E-state index contributed by atoms with van der Waals surface area (Å²) in [4.78, 5) is 11.1. The Morgan fingerprint density at radius 1 is 0.840 bits per heavy atom. The molecule has 0 N–H and O–H groups in total. The first-order valence-electron chi connectivity index (χ1n) is 8.70. The summed E-state index contributed by atoms with van der Waals surface area (Å²) in [5, 5.41) is 7.97. The zero-order valence-electron chi connectivity index (χ0n) is 14.0. The zero-order valence-corrected chi connectivity index (χ0v) is 14.9. The molecule has 0 spiro atoms. The smallest absolute Gasteiger partial charge is 0.315 e. The molecule has 0 heterocycles. The third kappa shape index (κ3) is 3.05. The van der Waals surface area contributed by atoms with Crippen LogP contribution in [0.2, 0.25) is 0 Å². The summed E-state index contributed by atoms with van der Waals surface area (Å²) in [6.07, 6.45) is 2.87. The Kier molecular flexibility index (Phi) is 4.50. The van der Waals surface area contributed by atoms with Gasteiger partial charge in [0.05, 0.1) is 12.4 Å². The first-order valence-corrected chi connectivity index (χ1v) is 9.33. The van der Waals surface area contributed by atoms with E-state index in [1.807, 2.05) is 0 Å². The van der Waals surface area contributed by atoms with Crippen molar-refractivity contribution in [1.29, 1.82) is 0 Å². The van der Waals surface area contributed by atoms with Gasteiger partial charge in [-0.1, -0.05) is 54.6 Å². The van der Waals surface area contributed by atoms with Crippen LogP contribution in [0.1, 0.15) is 18.4 Å². The van der Waals surface area contributed by atoms with Gasteiger partial charge < -0.3 is 4.74 Å². The van der Waals surface area contributed by atoms with Crippen molar-refractivity contribution in [3.63, 3.8) is 0 Å². The van der Waals surface area contributed by atoms with Gasteiger partial charge in [-0.05, 0) is 57.1 Å². The molecule has 4 aromatic carbocycles. The van der Waals surface area contributed by atoms with E-state index in [-0.39, 0.29) is 11.7 Å². The van der Waals surface area contributed by atoms with Gasteiger partial charge in [0.15, 0.2) is 0 Å². The first-order chi connectivity index (χ1) is 12.3. The molecule has 0 aliphatic heterocycles. The second-order valence-corrected chi connectivity index (χ2v) is 6.73. The molecule has 126 valence electrons. The summed E-state index contributed by atoms with van der Waals surface area (Å²) >= 11 is 3.91. The molecule has 0 aliphatic rings. The second kappa shape index (κ2) is 6.93. The van der Waals surface area contributed by atoms with Crippen LogP contribution in [-0.4, -0.2) is 18.3 Å². The molecule has 0 aliphatic carbocycles. The topological polar surface area (TPSA) is 26.3 Å². The van der Waals surface area contributed by atoms with Gasteiger partial charge in [-0.2, -0.15) is 12.6 Å². The van der Waals surface area contributed by atoms with Crippen molar-refractivity contribution in [3.05, 3.63) is 60.2 Å². The lowest BCUT2D eigenvalue weighted by molar-refractivity contribution is -0.140. The molecule has 0 radical (unpaired) electrons. The SMILES string of the molecule is O=C(CS)OCCCCc1ccc2ccc3cccc4ccc1c2c34. The van der Waals surface area contributed by atoms with Crippen molar-refractivity contribution in [2.45, 2.75) is 19.3 Å². The van der Waals surface area contributed by atoms with E-state index in [9.17, 15) is 4.79 Å². The van der Waals surface area contributed by atoms with Crippen LogP contribution in [0, 0.1) is 0 Å². The van der Waals surface area contributed by atoms with Crippen LogP contribution in [0.3, 0.4) is 0 Å². The first kappa shape index (κ1) is 16.2. The van der Waals surface area contributed by atoms with Gasteiger partial charge in [0.1, 0.15) is 0 Å². The van der Waals surface area contributed by atoms with Gasteiger partial charge in [0, 0.05) is 0 Å². The number of carbonyl (C=O) groups is 1. The average Bonchev–Trinajstić information content (AvgIpc) is 2.66. The molecular formula is C22H20O2S. The molecule has 25 heavy (non-hydrogen) atoms. The summed E-state index contributed by atoms with van der Waals surface area (Å²) in [5.41, 5.74) is 1.37. The molecule has 0 bridgehead atoms. The maximum Gasteiger partial charge on any atom is 0.315 e. The summed E-state index contributed by atoms with van der Waals surface area (Å²) in [5.74, 6) is -0.0965. The van der Waals surface area contributed by atoms with Crippen LogP contribution < -0.4 is 0 Å². The molecule has 0 fully saturated rings. The molecule has 2 nitrogen and oxygen atoms in total. The normalized spacial score (nSPS) is 11.6. The lowest BCUT2D eigenvalue weighted by atomic mass is 9.91. The minimum atomic E-state index is -0.244. The van der Waals surface area contributed by atoms with E-state index in [0.717, 1.165) is 19.3 Å². The van der Waals surface area contributed by atoms with Crippen LogP contribution in [0.15, 0.2) is 54.6 Å². The minimum Gasteiger partial charge on any atom is -0.465 e. The molecular weight excluding hydrogens is 328 g/mol. The molecule has 0 amide bonds. The lowest BCUT2D eigenvalue weighted by Gasteiger charge is -2.14. The predicted molar refractivity (Wildman–Crippen MR) is 108 cm³/mol. The third-order valence-corrected chi connectivity index (χ3v) is 5.11. The van der Waals surface area contributed by atoms with Gasteiger partial charge in [0.25, 0.3) is 0 Å². The Morgan fingerprint density at radius 3 is 2.28 bits per heavy atom. The number of rotatable bonds is 6. The Labute approximate surface area is 152 Å². The Hall–Kier alpha value is -2.26. The molecule has 0 aromatic heterocycles. The Morgan fingerprint density at radius 2 is 1.52 bits per heavy atom. The number of hydrogen-bond acceptors (Lipinski definition) is 3. The number of ether oxygens (including phenoxy) is 1. The summed E-state index contributed by atoms with van der Waals surface area (Å²) in [6, 6.07) is 19.8. The minimum absolute atomic E-state index is 0.148. The summed E-state index contributed by atoms with van der Waals surface area (Å²) in [6.45, 7) is 0.477. The number of esters is 1. The number of thiol groups is 1. The highest BCUT2D eigenvalue weighted by Crippen LogP contribution is 2.36. The number of hydrogen-bond donors (Lipinski definition) is 1. The van der Waals surface area contributed by atoms with Crippen LogP contribution in [-0.2, 0) is 16.0 Å². The fourth-order valence-corrected chi connectivity index (χ4v) is 3.75. The van der Waals surface area contributed by atoms with Crippen LogP contribution in [0.25, 0.3) is 32.3 Å². The number of aryl methyl sites for hydroxylation is 1. The van der Waals surface area contributed by atoms with Crippen molar-refractivity contribution >= 4 is 50.9 Å². The molecule has 0 atom stereocenters. The van der Waals surface area contributed by atoms with Crippen LogP contribution in [0.5, 0.6) is 0 Å². The van der Waals surface area contributed by atoms with E-state index in [0.29, 0.717) is 6.61 Å². The second-order valence-electron chi connectivity index (χ2n) is 6.42. The van der Waals surface area contributed by atoms with Gasteiger partial charge >= 0.3 is 5.97 Å². The average molecular weight is 348 g/mol. The van der Waals surface area contributed by atoms with Crippen molar-refractivity contribution in [2.75, 3.05) is 12.4 Å². The van der Waals surface area contributed by atoms with Gasteiger partial charge in [-0.15, -0.1) is 0 Å². The number of benzene rings is 4. The molecule has 0 unspecified atom stereocenters. The largest absolute Gasteiger partial charge is 0.465 e. The van der Waals surface area contributed by atoms with Crippen molar-refractivity contribution in [1.82, 2.24) is 0 Å². The fourth-order valence-electron chi connectivity index (χ4n) is 3.66. The maximum atomic E-state index is 11.1. The van der Waals surface area contributed by atoms with Crippen LogP contribution >= 0.6 is 12.6 Å². The molecule has 4 rings (SSSR count). The van der Waals surface area contributed by atoms with Crippen molar-refractivity contribution in [2.24, 2.45) is 0 Å². The summed E-state index contributed by atoms with van der Waals surface area (Å²) in [7, 11) is 0. The van der Waals surface area contributed by atoms with Crippen molar-refractivity contribution < 1.29 is 9.53 Å². The van der Waals surface area contributed by atoms with E-state index >= 15 is 0 Å². The highest BCUT2D eigenvalue weighted by molar-refractivity contribution is 7.81. The molecule has 3 heteroatoms. The van der Waals surface area contributed by atoms with Crippen molar-refractivity contribution in [3.8, 4) is 0 Å². The van der Waals surface area contributed by atoms with E-state index in [1.165, 1.54) is 37.9 Å². The third-order valence-electron chi connectivity index (χ3n) is 4.85. The molecule has 0 saturated carbocycles. The van der Waals surface area contributed by atoms with Crippen LogP contribution in [0.4, 0.5) is 0 Å². The monoisotopic (exact) mass is 348 g/mol. The van der Waals surface area contributed by atoms with E-state index in [4.69, 9.17) is 4.74 Å². The van der Waals surface area contributed by atoms with Gasteiger partial charge in [-0.3, -0.25) is 4.79 Å². The molecule has 4 aromatic rings. The van der Waals surface area contributed by atoms with E-state index < -0.39 is 0 Å². The standard InChI is InChI=1S/C22H20O2S/c23-20(14-25)24-13-2-1-4-15-7-8-18-10-9-16-5-3-6-17-11-12-19(15)22(18)21(16)17/h3,5-12,25H,1-2,4,13-14H2.